The van der Waals surface area contributed by atoms with Crippen LogP contribution in [0.4, 0.5) is 0 Å². The van der Waals surface area contributed by atoms with Crippen molar-refractivity contribution in [2.45, 2.75) is 26.3 Å². The van der Waals surface area contributed by atoms with Gasteiger partial charge in [-0.05, 0) is 12.0 Å². The Bertz CT molecular complexity index is 56.4. The molecule has 0 aromatic heterocycles. The Kier molecular flexibility index (Phi) is 5.12. The fraction of sp³-hybridized carbons (Fsp3) is 1.00. The summed E-state index contributed by atoms with van der Waals surface area (Å²) in [6.07, 6.45) is 1.20. The van der Waals surface area contributed by atoms with Crippen molar-refractivity contribution in [3.05, 3.63) is 0 Å². The molecular weight excluding hydrogens is 159 g/mol. The Labute approximate surface area is 62.2 Å². The van der Waals surface area contributed by atoms with Crippen LogP contribution in [0.1, 0.15) is 20.3 Å². The van der Waals surface area contributed by atoms with Crippen LogP contribution in [0.25, 0.3) is 0 Å². The molecule has 3 heteroatoms. The molecule has 0 saturated heterocycles. The van der Waals surface area contributed by atoms with Crippen molar-refractivity contribution < 1.29 is 0 Å². The lowest BCUT2D eigenvalue weighted by molar-refractivity contribution is 0.623. The fourth-order valence-corrected chi connectivity index (χ4v) is 3.24. The second kappa shape index (κ2) is 4.65. The van der Waals surface area contributed by atoms with Gasteiger partial charge in [0.1, 0.15) is 0 Å². The fourth-order valence-electron chi connectivity index (χ4n) is 0.471. The minimum atomic E-state index is -1.30. The smallest absolute Gasteiger partial charge is 0.150 e. The Hall–Kier alpha value is 0.797. The highest BCUT2D eigenvalue weighted by Gasteiger charge is 2.06. The van der Waals surface area contributed by atoms with Crippen molar-refractivity contribution in [2.24, 2.45) is 5.92 Å². The van der Waals surface area contributed by atoms with Gasteiger partial charge in [0.15, 0.2) is 0 Å². The molecule has 8 heavy (non-hydrogen) atoms. The summed E-state index contributed by atoms with van der Waals surface area (Å²) in [5.41, 5.74) is 0. The molecule has 0 aliphatic heterocycles. The van der Waals surface area contributed by atoms with E-state index in [1.807, 2.05) is 0 Å². The standard InChI is InChI=1S/C5H12Cl2Si/c1-3-5(2)4-8(6)7/h5,8H,3-4H2,1-2H3/t5-/m0/s1. The number of halogens is 2. The maximum absolute atomic E-state index is 5.66. The summed E-state index contributed by atoms with van der Waals surface area (Å²) >= 11 is 11.3. The minimum Gasteiger partial charge on any atom is -0.150 e. The van der Waals surface area contributed by atoms with Crippen LogP contribution >= 0.6 is 22.2 Å². The molecule has 0 aliphatic rings. The van der Waals surface area contributed by atoms with Crippen molar-refractivity contribution in [3.8, 4) is 0 Å². The molecule has 0 saturated carbocycles. The lowest BCUT2D eigenvalue weighted by Gasteiger charge is -2.05. The molecule has 50 valence electrons. The van der Waals surface area contributed by atoms with Gasteiger partial charge in [-0.1, -0.05) is 20.3 Å². The van der Waals surface area contributed by atoms with Crippen LogP contribution in [0, 0.1) is 5.92 Å². The van der Waals surface area contributed by atoms with E-state index < -0.39 is 7.42 Å². The quantitative estimate of drug-likeness (QED) is 0.452. The van der Waals surface area contributed by atoms with Gasteiger partial charge < -0.3 is 0 Å². The largest absolute Gasteiger partial charge is 0.237 e. The van der Waals surface area contributed by atoms with Crippen LogP contribution in [0.15, 0.2) is 0 Å². The Morgan fingerprint density at radius 2 is 2.00 bits per heavy atom. The zero-order valence-electron chi connectivity index (χ0n) is 5.32. The van der Waals surface area contributed by atoms with Crippen LogP contribution in [-0.2, 0) is 0 Å². The third kappa shape index (κ3) is 4.94. The van der Waals surface area contributed by atoms with Gasteiger partial charge in [0.05, 0.1) is 0 Å². The van der Waals surface area contributed by atoms with Crippen LogP contribution in [0.2, 0.25) is 6.04 Å². The van der Waals surface area contributed by atoms with E-state index in [1.165, 1.54) is 6.42 Å². The van der Waals surface area contributed by atoms with E-state index in [0.29, 0.717) is 0 Å². The number of hydrogen-bond donors (Lipinski definition) is 0. The summed E-state index contributed by atoms with van der Waals surface area (Å²) in [6, 6.07) is 1.06. The zero-order chi connectivity index (χ0) is 6.57. The van der Waals surface area contributed by atoms with Crippen LogP contribution in [-0.4, -0.2) is 7.42 Å². The van der Waals surface area contributed by atoms with Crippen LogP contribution < -0.4 is 0 Å². The number of hydrogen-bond acceptors (Lipinski definition) is 0. The Morgan fingerprint density at radius 1 is 1.50 bits per heavy atom. The minimum absolute atomic E-state index is 0.724. The van der Waals surface area contributed by atoms with Gasteiger partial charge in [-0.2, -0.15) is 22.2 Å². The van der Waals surface area contributed by atoms with E-state index in [4.69, 9.17) is 22.2 Å². The maximum Gasteiger partial charge on any atom is 0.237 e. The third-order valence-electron chi connectivity index (χ3n) is 1.28. The van der Waals surface area contributed by atoms with Gasteiger partial charge in [-0.3, -0.25) is 0 Å². The first-order valence-electron chi connectivity index (χ1n) is 2.95. The average molecular weight is 171 g/mol. The molecule has 0 fully saturated rings. The molecule has 0 unspecified atom stereocenters. The second-order valence-electron chi connectivity index (χ2n) is 2.14. The molecule has 0 nitrogen and oxygen atoms in total. The SMILES string of the molecule is CC[C@H](C)C[SiH](Cl)Cl. The molecule has 0 rings (SSSR count). The third-order valence-corrected chi connectivity index (χ3v) is 3.51. The molecule has 0 aliphatic carbocycles. The highest BCUT2D eigenvalue weighted by atomic mass is 35.7. The van der Waals surface area contributed by atoms with E-state index in [0.717, 1.165) is 12.0 Å². The van der Waals surface area contributed by atoms with Crippen molar-refractivity contribution in [3.63, 3.8) is 0 Å². The Balaban J connectivity index is 3.10. The average Bonchev–Trinajstić information content (AvgIpc) is 1.65. The highest BCUT2D eigenvalue weighted by molar-refractivity contribution is 7.33. The lowest BCUT2D eigenvalue weighted by atomic mass is 10.2. The van der Waals surface area contributed by atoms with Gasteiger partial charge in [-0.15, -0.1) is 0 Å². The van der Waals surface area contributed by atoms with Crippen LogP contribution in [0.3, 0.4) is 0 Å². The maximum atomic E-state index is 5.66. The monoisotopic (exact) mass is 170 g/mol. The second-order valence-corrected chi connectivity index (χ2v) is 7.22. The van der Waals surface area contributed by atoms with E-state index in [1.54, 1.807) is 0 Å². The molecule has 1 atom stereocenters. The highest BCUT2D eigenvalue weighted by Crippen LogP contribution is 2.14. The van der Waals surface area contributed by atoms with E-state index >= 15 is 0 Å². The van der Waals surface area contributed by atoms with Crippen molar-refractivity contribution in [1.29, 1.82) is 0 Å². The van der Waals surface area contributed by atoms with Crippen LogP contribution in [0.5, 0.6) is 0 Å². The molecule has 0 bridgehead atoms. The molecule has 0 spiro atoms. The molecular formula is C5H12Cl2Si. The molecule has 0 aromatic carbocycles. The topological polar surface area (TPSA) is 0 Å². The normalized spacial score (nSPS) is 14.6. The summed E-state index contributed by atoms with van der Waals surface area (Å²) in [7, 11) is -1.30. The first-order chi connectivity index (χ1) is 3.66. The van der Waals surface area contributed by atoms with E-state index in [-0.39, 0.29) is 0 Å². The lowest BCUT2D eigenvalue weighted by Crippen LogP contribution is -2.00. The summed E-state index contributed by atoms with van der Waals surface area (Å²) < 4.78 is 0. The molecule has 0 heterocycles. The summed E-state index contributed by atoms with van der Waals surface area (Å²) in [5, 5.41) is 0. The zero-order valence-corrected chi connectivity index (χ0v) is 7.99. The number of rotatable bonds is 3. The summed E-state index contributed by atoms with van der Waals surface area (Å²) in [4.78, 5) is 0. The summed E-state index contributed by atoms with van der Waals surface area (Å²) in [6.45, 7) is 4.35. The van der Waals surface area contributed by atoms with Gasteiger partial charge in [-0.25, -0.2) is 0 Å². The van der Waals surface area contributed by atoms with Gasteiger partial charge in [0.2, 0.25) is 7.42 Å². The van der Waals surface area contributed by atoms with Gasteiger partial charge in [0, 0.05) is 0 Å². The van der Waals surface area contributed by atoms with Crippen molar-refractivity contribution in [1.82, 2.24) is 0 Å². The summed E-state index contributed by atoms with van der Waals surface area (Å²) in [5.74, 6) is 0.724. The predicted molar refractivity (Wildman–Crippen MR) is 43.1 cm³/mol. The van der Waals surface area contributed by atoms with Gasteiger partial charge >= 0.3 is 0 Å². The predicted octanol–water partition coefficient (Wildman–Crippen LogP) is 2.73. The molecule has 0 aromatic rings. The first kappa shape index (κ1) is 8.80. The Morgan fingerprint density at radius 3 is 2.12 bits per heavy atom. The molecule has 0 N–H and O–H groups in total. The molecule has 0 amide bonds. The molecule has 0 radical (unpaired) electrons. The van der Waals surface area contributed by atoms with E-state index in [2.05, 4.69) is 13.8 Å². The van der Waals surface area contributed by atoms with Crippen molar-refractivity contribution >= 4 is 29.6 Å². The first-order valence-corrected chi connectivity index (χ1v) is 7.25. The van der Waals surface area contributed by atoms with Crippen molar-refractivity contribution in [2.75, 3.05) is 0 Å². The van der Waals surface area contributed by atoms with E-state index in [9.17, 15) is 0 Å². The van der Waals surface area contributed by atoms with Gasteiger partial charge in [0.25, 0.3) is 0 Å².